The van der Waals surface area contributed by atoms with Crippen molar-refractivity contribution in [2.45, 2.75) is 53.4 Å². The number of carboxylic acid groups (broad SMARTS) is 1. The average molecular weight is 433 g/mol. The number of carboxylic acids is 1. The first-order valence-electron chi connectivity index (χ1n) is 10.3. The third kappa shape index (κ3) is 6.33. The molecule has 1 aliphatic rings. The molecule has 164 valence electrons. The van der Waals surface area contributed by atoms with Crippen LogP contribution in [0.1, 0.15) is 67.9 Å². The largest absolute Gasteiger partial charge is 0.477 e. The van der Waals surface area contributed by atoms with Crippen molar-refractivity contribution in [2.75, 3.05) is 25.5 Å². The average Bonchev–Trinajstić information content (AvgIpc) is 3.08. The molecule has 0 saturated heterocycles. The Kier molecular flexibility index (Phi) is 7.70. The molecule has 1 aliphatic carbocycles. The fraction of sp³-hybridized carbons (Fsp3) is 0.609. The summed E-state index contributed by atoms with van der Waals surface area (Å²) in [5.74, 6) is 4.98. The van der Waals surface area contributed by atoms with Crippen molar-refractivity contribution in [1.82, 2.24) is 4.90 Å². The molecule has 2 rings (SSSR count). The van der Waals surface area contributed by atoms with Gasteiger partial charge in [0.05, 0.1) is 10.6 Å². The molecule has 6 nitrogen and oxygen atoms in total. The number of carbonyl (C=O) groups excluding carboxylic acids is 2. The van der Waals surface area contributed by atoms with Crippen LogP contribution < -0.4 is 4.90 Å². The number of thiophene rings is 1. The fourth-order valence-electron chi connectivity index (χ4n) is 3.33. The lowest BCUT2D eigenvalue weighted by Crippen LogP contribution is -2.44. The molecule has 0 aliphatic heterocycles. The van der Waals surface area contributed by atoms with Crippen LogP contribution in [-0.4, -0.2) is 48.4 Å². The first-order chi connectivity index (χ1) is 13.9. The summed E-state index contributed by atoms with van der Waals surface area (Å²) in [5, 5.41) is 9.76. The Hall–Kier alpha value is -2.33. The van der Waals surface area contributed by atoms with Crippen molar-refractivity contribution in [3.63, 3.8) is 0 Å². The van der Waals surface area contributed by atoms with Gasteiger partial charge in [0.15, 0.2) is 0 Å². The highest BCUT2D eigenvalue weighted by atomic mass is 32.1. The van der Waals surface area contributed by atoms with Gasteiger partial charge < -0.3 is 14.9 Å². The molecule has 7 heteroatoms. The van der Waals surface area contributed by atoms with E-state index < -0.39 is 5.97 Å². The van der Waals surface area contributed by atoms with E-state index in [0.29, 0.717) is 10.8 Å². The summed E-state index contributed by atoms with van der Waals surface area (Å²) in [5.41, 5.74) is 0.0347. The predicted octanol–water partition coefficient (Wildman–Crippen LogP) is 4.09. The lowest BCUT2D eigenvalue weighted by atomic mass is 9.82. The summed E-state index contributed by atoms with van der Waals surface area (Å²) >= 11 is 1.04. The topological polar surface area (TPSA) is 77.9 Å². The molecule has 1 N–H and O–H groups in total. The number of amides is 2. The van der Waals surface area contributed by atoms with Crippen molar-refractivity contribution in [3.8, 4) is 11.8 Å². The predicted molar refractivity (Wildman–Crippen MR) is 120 cm³/mol. The van der Waals surface area contributed by atoms with Crippen LogP contribution >= 0.6 is 11.3 Å². The van der Waals surface area contributed by atoms with Crippen LogP contribution in [0.4, 0.5) is 5.69 Å². The molecule has 1 heterocycles. The molecule has 1 aromatic rings. The standard InChI is InChI=1S/C23H32N2O4S/c1-15-7-9-16(10-8-15)21(27)25(14-19(26)24(5)6)18-13-17(11-12-23(2,3)4)30-20(18)22(28)29/h13,15-16H,7-10,14H2,1-6H3,(H,28,29)/t15-,16-. The summed E-state index contributed by atoms with van der Waals surface area (Å²) in [4.78, 5) is 41.2. The van der Waals surface area contributed by atoms with Crippen molar-refractivity contribution in [1.29, 1.82) is 0 Å². The van der Waals surface area contributed by atoms with Crippen molar-refractivity contribution >= 4 is 34.8 Å². The Balaban J connectivity index is 2.47. The Morgan fingerprint density at radius 1 is 1.17 bits per heavy atom. The molecule has 0 spiro atoms. The number of likely N-dealkylation sites (N-methyl/N-ethyl adjacent to an activating group) is 1. The van der Waals surface area contributed by atoms with Crippen molar-refractivity contribution in [2.24, 2.45) is 17.3 Å². The third-order valence-electron chi connectivity index (χ3n) is 5.18. The molecule has 1 fully saturated rings. The number of rotatable bonds is 5. The molecule has 1 saturated carbocycles. The zero-order chi connectivity index (χ0) is 22.6. The monoisotopic (exact) mass is 432 g/mol. The van der Waals surface area contributed by atoms with Gasteiger partial charge in [0.1, 0.15) is 11.4 Å². The molecular formula is C23H32N2O4S. The maximum absolute atomic E-state index is 13.4. The molecule has 30 heavy (non-hydrogen) atoms. The summed E-state index contributed by atoms with van der Waals surface area (Å²) in [6.07, 6.45) is 3.44. The number of aromatic carboxylic acids is 1. The number of carbonyl (C=O) groups is 3. The van der Waals surface area contributed by atoms with Gasteiger partial charge in [0, 0.05) is 25.4 Å². The minimum absolute atomic E-state index is 0.0392. The number of hydrogen-bond acceptors (Lipinski definition) is 4. The van der Waals surface area contributed by atoms with E-state index >= 15 is 0 Å². The Morgan fingerprint density at radius 2 is 1.77 bits per heavy atom. The van der Waals surface area contributed by atoms with Gasteiger partial charge >= 0.3 is 5.97 Å². The fourth-order valence-corrected chi connectivity index (χ4v) is 4.19. The second kappa shape index (κ2) is 9.65. The Morgan fingerprint density at radius 3 is 2.27 bits per heavy atom. The number of hydrogen-bond donors (Lipinski definition) is 1. The van der Waals surface area contributed by atoms with E-state index in [2.05, 4.69) is 18.8 Å². The first kappa shape index (κ1) is 23.9. The van der Waals surface area contributed by atoms with Gasteiger partial charge in [-0.25, -0.2) is 4.79 Å². The maximum Gasteiger partial charge on any atom is 0.348 e. The smallest absolute Gasteiger partial charge is 0.348 e. The third-order valence-corrected chi connectivity index (χ3v) is 6.21. The highest BCUT2D eigenvalue weighted by molar-refractivity contribution is 7.15. The van der Waals surface area contributed by atoms with Gasteiger partial charge in [-0.05, 0) is 58.4 Å². The minimum atomic E-state index is -1.12. The summed E-state index contributed by atoms with van der Waals surface area (Å²) in [6, 6.07) is 1.64. The van der Waals surface area contributed by atoms with Gasteiger partial charge in [-0.3, -0.25) is 9.59 Å². The highest BCUT2D eigenvalue weighted by Crippen LogP contribution is 2.35. The van der Waals surface area contributed by atoms with E-state index in [1.807, 2.05) is 20.8 Å². The van der Waals surface area contributed by atoms with E-state index in [1.165, 1.54) is 9.80 Å². The quantitative estimate of drug-likeness (QED) is 0.711. The van der Waals surface area contributed by atoms with Gasteiger partial charge in [-0.1, -0.05) is 18.8 Å². The summed E-state index contributed by atoms with van der Waals surface area (Å²) < 4.78 is 0. The van der Waals surface area contributed by atoms with Crippen LogP contribution in [0, 0.1) is 29.1 Å². The summed E-state index contributed by atoms with van der Waals surface area (Å²) in [6.45, 7) is 7.92. The van der Waals surface area contributed by atoms with Crippen LogP contribution in [0.25, 0.3) is 0 Å². The number of anilines is 1. The Labute approximate surface area is 183 Å². The van der Waals surface area contributed by atoms with Crippen molar-refractivity contribution < 1.29 is 19.5 Å². The molecule has 1 aromatic heterocycles. The molecule has 2 amide bonds. The minimum Gasteiger partial charge on any atom is -0.477 e. The van der Waals surface area contributed by atoms with Gasteiger partial charge in [0.2, 0.25) is 11.8 Å². The molecular weight excluding hydrogens is 400 g/mol. The maximum atomic E-state index is 13.4. The van der Waals surface area contributed by atoms with Gasteiger partial charge in [-0.2, -0.15) is 0 Å². The molecule has 0 atom stereocenters. The lowest BCUT2D eigenvalue weighted by molar-refractivity contribution is -0.130. The second-order valence-corrected chi connectivity index (χ2v) is 10.4. The van der Waals surface area contributed by atoms with E-state index in [-0.39, 0.29) is 40.3 Å². The molecule has 0 unspecified atom stereocenters. The van der Waals surface area contributed by atoms with Crippen LogP contribution in [0.15, 0.2) is 6.07 Å². The van der Waals surface area contributed by atoms with E-state index in [4.69, 9.17) is 0 Å². The van der Waals surface area contributed by atoms with E-state index in [9.17, 15) is 19.5 Å². The van der Waals surface area contributed by atoms with Crippen LogP contribution in [0.3, 0.4) is 0 Å². The van der Waals surface area contributed by atoms with E-state index in [1.54, 1.807) is 20.2 Å². The zero-order valence-electron chi connectivity index (χ0n) is 18.7. The van der Waals surface area contributed by atoms with Gasteiger partial charge in [-0.15, -0.1) is 11.3 Å². The normalized spacial score (nSPS) is 18.9. The Bertz CT molecular complexity index is 862. The second-order valence-electron chi connectivity index (χ2n) is 9.30. The zero-order valence-corrected chi connectivity index (χ0v) is 19.6. The first-order valence-corrected chi connectivity index (χ1v) is 11.1. The van der Waals surface area contributed by atoms with Crippen LogP contribution in [-0.2, 0) is 9.59 Å². The van der Waals surface area contributed by atoms with Crippen molar-refractivity contribution in [3.05, 3.63) is 15.8 Å². The molecule has 0 radical (unpaired) electrons. The summed E-state index contributed by atoms with van der Waals surface area (Å²) in [7, 11) is 3.25. The SMILES string of the molecule is CN(C)C(=O)CN(c1cc(C#CC(C)(C)C)sc1C(=O)O)C(=O)[C@H]1CC[C@H](C)CC1. The molecule has 0 aromatic carbocycles. The number of nitrogens with zero attached hydrogens (tertiary/aromatic N) is 2. The highest BCUT2D eigenvalue weighted by Gasteiger charge is 2.33. The van der Waals surface area contributed by atoms with Gasteiger partial charge in [0.25, 0.3) is 0 Å². The van der Waals surface area contributed by atoms with E-state index in [0.717, 1.165) is 37.0 Å². The van der Waals surface area contributed by atoms with Crippen LogP contribution in [0.2, 0.25) is 0 Å². The molecule has 0 bridgehead atoms. The van der Waals surface area contributed by atoms with Crippen LogP contribution in [0.5, 0.6) is 0 Å². The lowest BCUT2D eigenvalue weighted by Gasteiger charge is -2.31.